The van der Waals surface area contributed by atoms with Gasteiger partial charge in [0, 0.05) is 6.07 Å². The van der Waals surface area contributed by atoms with Crippen molar-refractivity contribution in [3.63, 3.8) is 0 Å². The molecule has 100 valence electrons. The van der Waals surface area contributed by atoms with Gasteiger partial charge in [-0.1, -0.05) is 41.9 Å². The van der Waals surface area contributed by atoms with Crippen molar-refractivity contribution in [2.75, 3.05) is 0 Å². The van der Waals surface area contributed by atoms with E-state index in [0.717, 1.165) is 17.1 Å². The number of hydrogen-bond donors (Lipinski definition) is 0. The summed E-state index contributed by atoms with van der Waals surface area (Å²) >= 11 is 1.16. The van der Waals surface area contributed by atoms with Crippen molar-refractivity contribution in [3.05, 3.63) is 81.3 Å². The molecule has 0 fully saturated rings. The number of carbonyl (C=O) groups is 1. The molecule has 0 aliphatic heterocycles. The van der Waals surface area contributed by atoms with Gasteiger partial charge < -0.3 is 4.42 Å². The molecule has 2 heterocycles. The van der Waals surface area contributed by atoms with E-state index in [4.69, 9.17) is 4.42 Å². The van der Waals surface area contributed by atoms with Gasteiger partial charge in [0.25, 0.3) is 5.56 Å². The molecule has 0 saturated heterocycles. The maximum absolute atomic E-state index is 12.1. The van der Waals surface area contributed by atoms with Gasteiger partial charge in [-0.05, 0) is 17.7 Å². The molecule has 0 atom stereocenters. The van der Waals surface area contributed by atoms with E-state index in [1.807, 2.05) is 30.3 Å². The molecule has 0 aliphatic rings. The highest BCUT2D eigenvalue weighted by molar-refractivity contribution is 7.08. The van der Waals surface area contributed by atoms with Crippen LogP contribution in [0.4, 0.5) is 0 Å². The summed E-state index contributed by atoms with van der Waals surface area (Å²) in [5.41, 5.74) is 0.849. The van der Waals surface area contributed by atoms with Gasteiger partial charge in [0.15, 0.2) is 5.76 Å². The maximum atomic E-state index is 12.1. The predicted octanol–water partition coefficient (Wildman–Crippen LogP) is 2.78. The van der Waals surface area contributed by atoms with Crippen LogP contribution in [0.2, 0.25) is 0 Å². The second-order valence-electron chi connectivity index (χ2n) is 4.27. The summed E-state index contributed by atoms with van der Waals surface area (Å²) in [5.74, 6) is -0.0120. The second-order valence-corrected chi connectivity index (χ2v) is 5.33. The maximum Gasteiger partial charge on any atom is 0.261 e. The van der Waals surface area contributed by atoms with Gasteiger partial charge in [-0.2, -0.15) is 0 Å². The molecule has 3 rings (SSSR count). The van der Waals surface area contributed by atoms with Crippen LogP contribution in [0.15, 0.2) is 64.0 Å². The summed E-state index contributed by atoms with van der Waals surface area (Å²) in [5, 5.41) is 0. The van der Waals surface area contributed by atoms with Crippen molar-refractivity contribution in [2.24, 2.45) is 0 Å². The van der Waals surface area contributed by atoms with E-state index >= 15 is 0 Å². The fourth-order valence-corrected chi connectivity index (χ4v) is 2.80. The lowest BCUT2D eigenvalue weighted by Gasteiger charge is -2.00. The van der Waals surface area contributed by atoms with Gasteiger partial charge in [0.2, 0.25) is 5.78 Å². The number of nitrogens with zero attached hydrogens (tertiary/aromatic N) is 1. The van der Waals surface area contributed by atoms with Crippen LogP contribution in [0.5, 0.6) is 0 Å². The fourth-order valence-electron chi connectivity index (χ4n) is 1.87. The van der Waals surface area contributed by atoms with E-state index in [0.29, 0.717) is 11.4 Å². The molecule has 0 radical (unpaired) electrons. The Hall–Kier alpha value is -2.40. The zero-order chi connectivity index (χ0) is 13.9. The first-order chi connectivity index (χ1) is 9.74. The van der Waals surface area contributed by atoms with Crippen LogP contribution >= 0.6 is 11.5 Å². The Kier molecular flexibility index (Phi) is 3.35. The third-order valence-electron chi connectivity index (χ3n) is 2.85. The number of benzene rings is 1. The molecular formula is C15H11NO3S. The van der Waals surface area contributed by atoms with Crippen LogP contribution < -0.4 is 5.56 Å². The minimum Gasteiger partial charge on any atom is -0.461 e. The minimum atomic E-state index is -0.260. The topological polar surface area (TPSA) is 52.2 Å². The third kappa shape index (κ3) is 2.48. The second kappa shape index (κ2) is 5.30. The Balaban J connectivity index is 1.88. The molecule has 5 heteroatoms. The summed E-state index contributed by atoms with van der Waals surface area (Å²) in [6.07, 6.45) is 1.44. The lowest BCUT2D eigenvalue weighted by Crippen LogP contribution is -2.12. The lowest BCUT2D eigenvalue weighted by molar-refractivity contribution is 0.101. The quantitative estimate of drug-likeness (QED) is 0.693. The van der Waals surface area contributed by atoms with Crippen LogP contribution in [-0.4, -0.2) is 9.74 Å². The Bertz CT molecular complexity index is 769. The van der Waals surface area contributed by atoms with Gasteiger partial charge in [-0.25, -0.2) is 0 Å². The highest BCUT2D eigenvalue weighted by Crippen LogP contribution is 2.14. The number of rotatable bonds is 4. The molecule has 3 aromatic rings. The highest BCUT2D eigenvalue weighted by Gasteiger charge is 2.16. The van der Waals surface area contributed by atoms with Gasteiger partial charge in [0.1, 0.15) is 4.88 Å². The van der Waals surface area contributed by atoms with E-state index in [1.165, 1.54) is 12.3 Å². The van der Waals surface area contributed by atoms with Crippen LogP contribution in [0, 0.1) is 0 Å². The largest absolute Gasteiger partial charge is 0.461 e. The third-order valence-corrected chi connectivity index (χ3v) is 3.88. The average molecular weight is 285 g/mol. The van der Waals surface area contributed by atoms with Crippen molar-refractivity contribution in [1.29, 1.82) is 0 Å². The van der Waals surface area contributed by atoms with Crippen molar-refractivity contribution < 1.29 is 9.21 Å². The summed E-state index contributed by atoms with van der Waals surface area (Å²) in [6.45, 7) is 0.468. The molecule has 0 N–H and O–H groups in total. The van der Waals surface area contributed by atoms with E-state index in [2.05, 4.69) is 0 Å². The summed E-state index contributed by atoms with van der Waals surface area (Å²) in [4.78, 5) is 24.4. The molecule has 0 bridgehead atoms. The average Bonchev–Trinajstić information content (AvgIpc) is 3.10. The smallest absolute Gasteiger partial charge is 0.261 e. The van der Waals surface area contributed by atoms with Crippen molar-refractivity contribution in [3.8, 4) is 0 Å². The summed E-state index contributed by atoms with van der Waals surface area (Å²) < 4.78 is 6.62. The van der Waals surface area contributed by atoms with Gasteiger partial charge in [0.05, 0.1) is 12.8 Å². The van der Waals surface area contributed by atoms with Crippen molar-refractivity contribution in [1.82, 2.24) is 3.96 Å². The number of furan rings is 1. The first kappa shape index (κ1) is 12.6. The van der Waals surface area contributed by atoms with E-state index in [-0.39, 0.29) is 17.1 Å². The fraction of sp³-hybridized carbons (Fsp3) is 0.0667. The molecule has 2 aromatic heterocycles. The SMILES string of the molecule is O=C(c1ccco1)c1cc(=O)n(Cc2ccccc2)s1. The Morgan fingerprint density at radius 2 is 1.95 bits per heavy atom. The van der Waals surface area contributed by atoms with Crippen molar-refractivity contribution >= 4 is 17.3 Å². The molecule has 0 unspecified atom stereocenters. The van der Waals surface area contributed by atoms with E-state index in [9.17, 15) is 9.59 Å². The number of ketones is 1. The molecule has 0 aliphatic carbocycles. The van der Waals surface area contributed by atoms with Crippen molar-refractivity contribution in [2.45, 2.75) is 6.54 Å². The highest BCUT2D eigenvalue weighted by atomic mass is 32.1. The van der Waals surface area contributed by atoms with Crippen LogP contribution in [0.1, 0.15) is 21.0 Å². The summed E-state index contributed by atoms with van der Waals surface area (Å²) in [6, 6.07) is 14.3. The zero-order valence-electron chi connectivity index (χ0n) is 10.5. The Morgan fingerprint density at radius 3 is 2.65 bits per heavy atom. The van der Waals surface area contributed by atoms with Crippen LogP contribution in [-0.2, 0) is 6.54 Å². The van der Waals surface area contributed by atoms with E-state index < -0.39 is 0 Å². The molecule has 4 nitrogen and oxygen atoms in total. The standard InChI is InChI=1S/C15H11NO3S/c17-14-9-13(15(18)12-7-4-8-19-12)20-16(14)10-11-5-2-1-3-6-11/h1-9H,10H2. The zero-order valence-corrected chi connectivity index (χ0v) is 11.3. The number of hydrogen-bond acceptors (Lipinski definition) is 4. The molecule has 1 aromatic carbocycles. The lowest BCUT2D eigenvalue weighted by atomic mass is 10.2. The monoisotopic (exact) mass is 285 g/mol. The first-order valence-corrected chi connectivity index (χ1v) is 6.84. The van der Waals surface area contributed by atoms with Crippen LogP contribution in [0.3, 0.4) is 0 Å². The molecule has 0 spiro atoms. The minimum absolute atomic E-state index is 0.172. The van der Waals surface area contributed by atoms with Gasteiger partial charge >= 0.3 is 0 Å². The molecular weight excluding hydrogens is 274 g/mol. The first-order valence-electron chi connectivity index (χ1n) is 6.07. The number of carbonyl (C=O) groups excluding carboxylic acids is 1. The molecule has 0 saturated carbocycles. The number of aromatic nitrogens is 1. The Labute approximate surface area is 119 Å². The molecule has 0 amide bonds. The Morgan fingerprint density at radius 1 is 1.15 bits per heavy atom. The summed E-state index contributed by atoms with van der Waals surface area (Å²) in [7, 11) is 0. The normalized spacial score (nSPS) is 10.6. The predicted molar refractivity (Wildman–Crippen MR) is 76.3 cm³/mol. The van der Waals surface area contributed by atoms with Crippen LogP contribution in [0.25, 0.3) is 0 Å². The van der Waals surface area contributed by atoms with Gasteiger partial charge in [-0.15, -0.1) is 0 Å². The molecule has 20 heavy (non-hydrogen) atoms. The van der Waals surface area contributed by atoms with Gasteiger partial charge in [-0.3, -0.25) is 13.5 Å². The van der Waals surface area contributed by atoms with E-state index in [1.54, 1.807) is 16.1 Å².